The van der Waals surface area contributed by atoms with Gasteiger partial charge < -0.3 is 0 Å². The lowest BCUT2D eigenvalue weighted by Crippen LogP contribution is -2.52. The van der Waals surface area contributed by atoms with Crippen LogP contribution in [0.1, 0.15) is 20.3 Å². The van der Waals surface area contributed by atoms with E-state index in [1.807, 2.05) is 35.8 Å². The second-order valence-corrected chi connectivity index (χ2v) is 7.68. The first-order valence-corrected chi connectivity index (χ1v) is 9.58. The van der Waals surface area contributed by atoms with Gasteiger partial charge in [0.2, 0.25) is 11.2 Å². The summed E-state index contributed by atoms with van der Waals surface area (Å²) in [4.78, 5) is 31.2. The minimum absolute atomic E-state index is 0.234. The van der Waals surface area contributed by atoms with Crippen molar-refractivity contribution >= 4 is 34.4 Å². The van der Waals surface area contributed by atoms with Crippen LogP contribution in [0.3, 0.4) is 0 Å². The summed E-state index contributed by atoms with van der Waals surface area (Å²) in [6, 6.07) is 7.63. The van der Waals surface area contributed by atoms with E-state index in [1.54, 1.807) is 7.05 Å². The fraction of sp³-hybridized carbons (Fsp3) is 0.421. The first-order valence-electron chi connectivity index (χ1n) is 9.20. The number of rotatable bonds is 3. The van der Waals surface area contributed by atoms with E-state index in [2.05, 4.69) is 16.8 Å². The molecule has 1 aliphatic rings. The highest BCUT2D eigenvalue weighted by molar-refractivity contribution is 6.30. The largest absolute Gasteiger partial charge is 0.364 e. The van der Waals surface area contributed by atoms with Crippen molar-refractivity contribution in [2.24, 2.45) is 13.0 Å². The minimum Gasteiger partial charge on any atom is -0.267 e. The van der Waals surface area contributed by atoms with Crippen molar-refractivity contribution in [2.75, 3.05) is 11.4 Å². The number of H-pyrrole nitrogens is 1. The molecule has 0 spiro atoms. The van der Waals surface area contributed by atoms with Crippen LogP contribution in [-0.2, 0) is 20.1 Å². The van der Waals surface area contributed by atoms with E-state index in [0.717, 1.165) is 31.1 Å². The van der Waals surface area contributed by atoms with Gasteiger partial charge in [-0.2, -0.15) is 0 Å². The van der Waals surface area contributed by atoms with Crippen LogP contribution in [0.4, 0.5) is 11.6 Å². The standard InChI is InChI=1S/C19H22ClN5O2/c1-4-9-23-17(26)15-16(22(3)19(23)27)21-18-24(10-12(2)11-25(15)18)14-7-5-13(20)6-8-14/h5-8,12H,4,9-11H2,1-3H3/p+1/t12-/m1/s1. The summed E-state index contributed by atoms with van der Waals surface area (Å²) in [5.41, 5.74) is 1.57. The number of hydrogen-bond acceptors (Lipinski definition) is 3. The Kier molecular flexibility index (Phi) is 4.34. The quantitative estimate of drug-likeness (QED) is 0.699. The molecule has 0 saturated heterocycles. The van der Waals surface area contributed by atoms with Crippen LogP contribution in [0.5, 0.6) is 0 Å². The van der Waals surface area contributed by atoms with Crippen LogP contribution in [-0.4, -0.2) is 20.7 Å². The van der Waals surface area contributed by atoms with E-state index in [1.165, 1.54) is 9.13 Å². The summed E-state index contributed by atoms with van der Waals surface area (Å²) in [5, 5.41) is 0.679. The normalized spacial score (nSPS) is 16.7. The average Bonchev–Trinajstić information content (AvgIpc) is 3.03. The van der Waals surface area contributed by atoms with Crippen molar-refractivity contribution in [3.63, 3.8) is 0 Å². The minimum atomic E-state index is -0.292. The predicted molar refractivity (Wildman–Crippen MR) is 106 cm³/mol. The van der Waals surface area contributed by atoms with Gasteiger partial charge in [-0.3, -0.25) is 13.9 Å². The molecule has 3 aromatic rings. The summed E-state index contributed by atoms with van der Waals surface area (Å²) in [6.07, 6.45) is 0.727. The summed E-state index contributed by atoms with van der Waals surface area (Å²) in [5.74, 6) is 1.15. The Morgan fingerprint density at radius 1 is 1.26 bits per heavy atom. The number of benzene rings is 1. The molecular formula is C19H23ClN5O2+. The lowest BCUT2D eigenvalue weighted by atomic mass is 10.1. The molecule has 0 unspecified atom stereocenters. The molecule has 142 valence electrons. The molecule has 8 heteroatoms. The van der Waals surface area contributed by atoms with Crippen molar-refractivity contribution in [3.8, 4) is 0 Å². The molecule has 1 aromatic carbocycles. The molecule has 3 heterocycles. The molecule has 0 amide bonds. The fourth-order valence-corrected chi connectivity index (χ4v) is 3.97. The molecule has 0 radical (unpaired) electrons. The number of aromatic amines is 1. The van der Waals surface area contributed by atoms with E-state index in [0.29, 0.717) is 28.6 Å². The van der Waals surface area contributed by atoms with Gasteiger partial charge in [0.1, 0.15) is 5.69 Å². The number of nitrogens with zero attached hydrogens (tertiary/aromatic N) is 4. The molecular weight excluding hydrogens is 366 g/mol. The van der Waals surface area contributed by atoms with Crippen LogP contribution in [0.15, 0.2) is 33.9 Å². The summed E-state index contributed by atoms with van der Waals surface area (Å²) >= 11 is 6.04. The van der Waals surface area contributed by atoms with Crippen LogP contribution in [0, 0.1) is 5.92 Å². The maximum atomic E-state index is 13.1. The molecule has 0 fully saturated rings. The van der Waals surface area contributed by atoms with Gasteiger partial charge in [0.05, 0.1) is 13.1 Å². The second kappa shape index (κ2) is 6.56. The SMILES string of the molecule is CCCn1c(=O)c2c([nH]c3[n+]2C[C@H](C)CN3c2ccc(Cl)cc2)n(C)c1=O. The lowest BCUT2D eigenvalue weighted by Gasteiger charge is -2.26. The van der Waals surface area contributed by atoms with Crippen LogP contribution in [0.25, 0.3) is 11.2 Å². The van der Waals surface area contributed by atoms with Crippen LogP contribution < -0.4 is 20.7 Å². The third-order valence-electron chi connectivity index (χ3n) is 5.11. The molecule has 4 rings (SSSR count). The van der Waals surface area contributed by atoms with E-state index in [9.17, 15) is 9.59 Å². The number of halogens is 1. The smallest absolute Gasteiger partial charge is 0.267 e. The number of aromatic nitrogens is 4. The lowest BCUT2D eigenvalue weighted by molar-refractivity contribution is -0.669. The summed E-state index contributed by atoms with van der Waals surface area (Å²) in [7, 11) is 1.70. The van der Waals surface area contributed by atoms with Crippen molar-refractivity contribution in [1.82, 2.24) is 14.1 Å². The zero-order valence-corrected chi connectivity index (χ0v) is 16.5. The van der Waals surface area contributed by atoms with Gasteiger partial charge in [0, 0.05) is 24.5 Å². The maximum Gasteiger partial charge on any atom is 0.364 e. The van der Waals surface area contributed by atoms with E-state index >= 15 is 0 Å². The Hall–Kier alpha value is -2.54. The van der Waals surface area contributed by atoms with Crippen LogP contribution in [0.2, 0.25) is 5.02 Å². The predicted octanol–water partition coefficient (Wildman–Crippen LogP) is 2.17. The Labute approximate surface area is 161 Å². The Morgan fingerprint density at radius 2 is 1.96 bits per heavy atom. The topological polar surface area (TPSA) is 66.9 Å². The monoisotopic (exact) mass is 388 g/mol. The first kappa shape index (κ1) is 17.9. The third kappa shape index (κ3) is 2.77. The van der Waals surface area contributed by atoms with Gasteiger partial charge in [-0.25, -0.2) is 19.2 Å². The summed E-state index contributed by atoms with van der Waals surface area (Å²) in [6.45, 7) is 6.06. The molecule has 1 aliphatic heterocycles. The molecule has 0 bridgehead atoms. The fourth-order valence-electron chi connectivity index (χ4n) is 3.85. The van der Waals surface area contributed by atoms with Crippen molar-refractivity contribution in [3.05, 3.63) is 50.1 Å². The highest BCUT2D eigenvalue weighted by atomic mass is 35.5. The number of anilines is 2. The van der Waals surface area contributed by atoms with Gasteiger partial charge >= 0.3 is 11.6 Å². The number of fused-ring (bicyclic) bond motifs is 3. The Morgan fingerprint density at radius 3 is 2.63 bits per heavy atom. The Bertz CT molecular complexity index is 1130. The zero-order chi connectivity index (χ0) is 19.3. The third-order valence-corrected chi connectivity index (χ3v) is 5.36. The average molecular weight is 389 g/mol. The molecule has 0 saturated carbocycles. The molecule has 2 aromatic heterocycles. The number of nitrogens with one attached hydrogen (secondary N) is 1. The van der Waals surface area contributed by atoms with Gasteiger partial charge in [0.15, 0.2) is 0 Å². The highest BCUT2D eigenvalue weighted by Gasteiger charge is 2.35. The maximum absolute atomic E-state index is 13.1. The molecule has 1 atom stereocenters. The van der Waals surface area contributed by atoms with E-state index in [-0.39, 0.29) is 11.2 Å². The molecule has 0 aliphatic carbocycles. The summed E-state index contributed by atoms with van der Waals surface area (Å²) < 4.78 is 4.86. The molecule has 7 nitrogen and oxygen atoms in total. The van der Waals surface area contributed by atoms with Crippen molar-refractivity contribution in [1.29, 1.82) is 0 Å². The van der Waals surface area contributed by atoms with Gasteiger partial charge in [-0.05, 0) is 30.7 Å². The van der Waals surface area contributed by atoms with Crippen LogP contribution >= 0.6 is 11.6 Å². The number of imidazole rings is 1. The van der Waals surface area contributed by atoms with E-state index < -0.39 is 0 Å². The number of aryl methyl sites for hydroxylation is 1. The van der Waals surface area contributed by atoms with Crippen molar-refractivity contribution in [2.45, 2.75) is 33.4 Å². The highest BCUT2D eigenvalue weighted by Crippen LogP contribution is 2.28. The first-order chi connectivity index (χ1) is 12.9. The van der Waals surface area contributed by atoms with E-state index in [4.69, 9.17) is 11.6 Å². The Balaban J connectivity index is 2.00. The zero-order valence-electron chi connectivity index (χ0n) is 15.7. The number of hydrogen-bond donors (Lipinski definition) is 1. The van der Waals surface area contributed by atoms with Gasteiger partial charge in [-0.1, -0.05) is 25.4 Å². The van der Waals surface area contributed by atoms with Gasteiger partial charge in [-0.15, -0.1) is 0 Å². The van der Waals surface area contributed by atoms with Crippen molar-refractivity contribution < 1.29 is 4.57 Å². The second-order valence-electron chi connectivity index (χ2n) is 7.25. The molecule has 1 N–H and O–H groups in total. The molecule has 27 heavy (non-hydrogen) atoms. The van der Waals surface area contributed by atoms with Gasteiger partial charge in [0.25, 0.3) is 5.56 Å².